The van der Waals surface area contributed by atoms with Gasteiger partial charge >= 0.3 is 0 Å². The van der Waals surface area contributed by atoms with E-state index < -0.39 is 12.0 Å². The van der Waals surface area contributed by atoms with Gasteiger partial charge in [0.25, 0.3) is 5.92 Å². The third-order valence-corrected chi connectivity index (χ3v) is 3.72. The van der Waals surface area contributed by atoms with E-state index in [-0.39, 0.29) is 11.2 Å². The SMILES string of the molecule is CC(NC(=O)C1CCCS1)C(C)(F)F. The molecule has 1 fully saturated rings. The number of hydrogen-bond acceptors (Lipinski definition) is 2. The Morgan fingerprint density at radius 2 is 2.29 bits per heavy atom. The van der Waals surface area contributed by atoms with Gasteiger partial charge < -0.3 is 5.32 Å². The summed E-state index contributed by atoms with van der Waals surface area (Å²) in [5.74, 6) is -2.14. The molecule has 5 heteroatoms. The molecule has 0 aromatic heterocycles. The summed E-state index contributed by atoms with van der Waals surface area (Å²) in [7, 11) is 0. The first-order valence-electron chi connectivity index (χ1n) is 4.71. The molecular formula is C9H15F2NOS. The van der Waals surface area contributed by atoms with Crippen LogP contribution in [0.4, 0.5) is 8.78 Å². The molecule has 82 valence electrons. The van der Waals surface area contributed by atoms with Crippen molar-refractivity contribution in [2.24, 2.45) is 0 Å². The van der Waals surface area contributed by atoms with E-state index in [1.165, 1.54) is 6.92 Å². The Bertz CT molecular complexity index is 211. The third kappa shape index (κ3) is 3.12. The van der Waals surface area contributed by atoms with Crippen LogP contribution in [0.3, 0.4) is 0 Å². The van der Waals surface area contributed by atoms with Crippen LogP contribution in [0.2, 0.25) is 0 Å². The van der Waals surface area contributed by atoms with Gasteiger partial charge in [-0.25, -0.2) is 8.78 Å². The van der Waals surface area contributed by atoms with Crippen molar-refractivity contribution in [2.45, 2.75) is 43.9 Å². The van der Waals surface area contributed by atoms with E-state index in [0.29, 0.717) is 0 Å². The quantitative estimate of drug-likeness (QED) is 0.793. The molecule has 2 unspecified atom stereocenters. The van der Waals surface area contributed by atoms with Crippen molar-refractivity contribution in [3.05, 3.63) is 0 Å². The van der Waals surface area contributed by atoms with E-state index in [2.05, 4.69) is 5.32 Å². The van der Waals surface area contributed by atoms with Crippen molar-refractivity contribution in [2.75, 3.05) is 5.75 Å². The summed E-state index contributed by atoms with van der Waals surface area (Å²) < 4.78 is 25.5. The fourth-order valence-electron chi connectivity index (χ4n) is 1.22. The molecule has 0 radical (unpaired) electrons. The number of alkyl halides is 2. The zero-order valence-electron chi connectivity index (χ0n) is 8.35. The van der Waals surface area contributed by atoms with E-state index in [0.717, 1.165) is 25.5 Å². The molecule has 2 atom stereocenters. The molecule has 14 heavy (non-hydrogen) atoms. The molecule has 0 bridgehead atoms. The van der Waals surface area contributed by atoms with E-state index in [1.54, 1.807) is 11.8 Å². The van der Waals surface area contributed by atoms with Crippen molar-refractivity contribution < 1.29 is 13.6 Å². The van der Waals surface area contributed by atoms with Crippen LogP contribution in [-0.2, 0) is 4.79 Å². The number of carbonyl (C=O) groups excluding carboxylic acids is 1. The summed E-state index contributed by atoms with van der Waals surface area (Å²) in [4.78, 5) is 11.4. The topological polar surface area (TPSA) is 29.1 Å². The maximum Gasteiger partial charge on any atom is 0.264 e. The lowest BCUT2D eigenvalue weighted by Crippen LogP contribution is -2.46. The Hall–Kier alpha value is -0.320. The number of nitrogens with one attached hydrogen (secondary N) is 1. The van der Waals surface area contributed by atoms with E-state index in [1.807, 2.05) is 0 Å². The van der Waals surface area contributed by atoms with Crippen LogP contribution < -0.4 is 5.32 Å². The fourth-order valence-corrected chi connectivity index (χ4v) is 2.39. The number of carbonyl (C=O) groups is 1. The van der Waals surface area contributed by atoms with Gasteiger partial charge in [0.15, 0.2) is 0 Å². The molecule has 0 aromatic rings. The summed E-state index contributed by atoms with van der Waals surface area (Å²) in [5.41, 5.74) is 0. The molecule has 1 saturated heterocycles. The van der Waals surface area contributed by atoms with Gasteiger partial charge in [-0.3, -0.25) is 4.79 Å². The molecule has 1 aliphatic rings. The van der Waals surface area contributed by atoms with Gasteiger partial charge in [0.1, 0.15) is 0 Å². The van der Waals surface area contributed by atoms with Crippen molar-refractivity contribution in [1.82, 2.24) is 5.32 Å². The van der Waals surface area contributed by atoms with Gasteiger partial charge in [0.05, 0.1) is 11.3 Å². The van der Waals surface area contributed by atoms with Gasteiger partial charge in [0, 0.05) is 6.92 Å². The minimum Gasteiger partial charge on any atom is -0.347 e. The molecule has 1 aliphatic heterocycles. The molecule has 2 nitrogen and oxygen atoms in total. The number of amides is 1. The monoisotopic (exact) mass is 223 g/mol. The highest BCUT2D eigenvalue weighted by atomic mass is 32.2. The lowest BCUT2D eigenvalue weighted by molar-refractivity contribution is -0.124. The average Bonchev–Trinajstić information content (AvgIpc) is 2.53. The second-order valence-electron chi connectivity index (χ2n) is 3.69. The number of rotatable bonds is 3. The lowest BCUT2D eigenvalue weighted by Gasteiger charge is -2.22. The van der Waals surface area contributed by atoms with Gasteiger partial charge in [-0.15, -0.1) is 11.8 Å². The highest BCUT2D eigenvalue weighted by Crippen LogP contribution is 2.27. The first kappa shape index (κ1) is 11.8. The van der Waals surface area contributed by atoms with Crippen LogP contribution in [0.5, 0.6) is 0 Å². The molecule has 1 amide bonds. The van der Waals surface area contributed by atoms with Crippen LogP contribution in [0.25, 0.3) is 0 Å². The molecule has 1 rings (SSSR count). The summed E-state index contributed by atoms with van der Waals surface area (Å²) >= 11 is 1.55. The first-order chi connectivity index (χ1) is 6.41. The van der Waals surface area contributed by atoms with Gasteiger partial charge in [0.2, 0.25) is 5.91 Å². The van der Waals surface area contributed by atoms with Gasteiger partial charge in [-0.05, 0) is 25.5 Å². The van der Waals surface area contributed by atoms with E-state index in [9.17, 15) is 13.6 Å². The molecule has 1 heterocycles. The van der Waals surface area contributed by atoms with Crippen LogP contribution in [-0.4, -0.2) is 28.9 Å². The minimum absolute atomic E-state index is 0.125. The maximum atomic E-state index is 12.7. The van der Waals surface area contributed by atoms with Crippen LogP contribution in [0.1, 0.15) is 26.7 Å². The average molecular weight is 223 g/mol. The van der Waals surface area contributed by atoms with Gasteiger partial charge in [-0.1, -0.05) is 0 Å². The Morgan fingerprint density at radius 3 is 2.71 bits per heavy atom. The maximum absolute atomic E-state index is 12.7. The Balaban J connectivity index is 2.40. The lowest BCUT2D eigenvalue weighted by atomic mass is 10.2. The van der Waals surface area contributed by atoms with Crippen molar-refractivity contribution in [3.63, 3.8) is 0 Å². The molecule has 0 saturated carbocycles. The van der Waals surface area contributed by atoms with Crippen LogP contribution >= 0.6 is 11.8 Å². The third-order valence-electron chi connectivity index (χ3n) is 2.34. The minimum atomic E-state index is -2.85. The normalized spacial score (nSPS) is 24.7. The standard InChI is InChI=1S/C9H15F2NOS/c1-6(9(2,10)11)12-8(13)7-4-3-5-14-7/h6-7H,3-5H2,1-2H3,(H,12,13). The highest BCUT2D eigenvalue weighted by molar-refractivity contribution is 8.00. The number of halogens is 2. The van der Waals surface area contributed by atoms with Crippen molar-refractivity contribution >= 4 is 17.7 Å². The largest absolute Gasteiger partial charge is 0.347 e. The predicted molar refractivity (Wildman–Crippen MR) is 53.7 cm³/mol. The summed E-state index contributed by atoms with van der Waals surface area (Å²) in [6, 6.07) is -1.09. The predicted octanol–water partition coefficient (Wildman–Crippen LogP) is 2.04. The Morgan fingerprint density at radius 1 is 1.64 bits per heavy atom. The van der Waals surface area contributed by atoms with E-state index >= 15 is 0 Å². The highest BCUT2D eigenvalue weighted by Gasteiger charge is 2.33. The second kappa shape index (κ2) is 4.47. The zero-order chi connectivity index (χ0) is 10.8. The van der Waals surface area contributed by atoms with Crippen molar-refractivity contribution in [1.29, 1.82) is 0 Å². The van der Waals surface area contributed by atoms with Crippen LogP contribution in [0, 0.1) is 0 Å². The Kier molecular flexibility index (Phi) is 3.75. The smallest absolute Gasteiger partial charge is 0.264 e. The number of hydrogen-bond donors (Lipinski definition) is 1. The molecular weight excluding hydrogens is 208 g/mol. The summed E-state index contributed by atoms with van der Waals surface area (Å²) in [6.07, 6.45) is 1.80. The van der Waals surface area contributed by atoms with E-state index in [4.69, 9.17) is 0 Å². The molecule has 1 N–H and O–H groups in total. The summed E-state index contributed by atoms with van der Waals surface area (Å²) in [6.45, 7) is 2.15. The zero-order valence-corrected chi connectivity index (χ0v) is 9.16. The summed E-state index contributed by atoms with van der Waals surface area (Å²) in [5, 5.41) is 2.23. The number of thioether (sulfide) groups is 1. The van der Waals surface area contributed by atoms with Gasteiger partial charge in [-0.2, -0.15) is 0 Å². The fraction of sp³-hybridized carbons (Fsp3) is 0.889. The van der Waals surface area contributed by atoms with Crippen molar-refractivity contribution in [3.8, 4) is 0 Å². The molecule has 0 aromatic carbocycles. The first-order valence-corrected chi connectivity index (χ1v) is 5.76. The van der Waals surface area contributed by atoms with Crippen LogP contribution in [0.15, 0.2) is 0 Å². The second-order valence-corrected chi connectivity index (χ2v) is 5.00. The Labute approximate surface area is 86.8 Å². The molecule has 0 spiro atoms. The molecule has 0 aliphatic carbocycles.